The summed E-state index contributed by atoms with van der Waals surface area (Å²) < 4.78 is 23.0. The second-order valence-corrected chi connectivity index (χ2v) is 5.76. The number of hydrogen-bond donors (Lipinski definition) is 2. The quantitative estimate of drug-likeness (QED) is 0.832. The lowest BCUT2D eigenvalue weighted by atomic mass is 10.2. The standard InChI is InChI=1S/C11H16N2O3S/c1-3-8(12)11(14)13-9-6-4-5-7-10(9)17(2,15)16/h4-8H,3,12H2,1-2H3,(H,13,14). The van der Waals surface area contributed by atoms with Crippen LogP contribution in [0.15, 0.2) is 29.2 Å². The average Bonchev–Trinajstić information content (AvgIpc) is 2.27. The van der Waals surface area contributed by atoms with E-state index in [0.29, 0.717) is 6.42 Å². The number of nitrogens with two attached hydrogens (primary N) is 1. The largest absolute Gasteiger partial charge is 0.324 e. The lowest BCUT2D eigenvalue weighted by Gasteiger charge is -2.12. The van der Waals surface area contributed by atoms with E-state index in [4.69, 9.17) is 5.73 Å². The van der Waals surface area contributed by atoms with Crippen LogP contribution in [0.25, 0.3) is 0 Å². The third kappa shape index (κ3) is 3.54. The van der Waals surface area contributed by atoms with Crippen LogP contribution in [0, 0.1) is 0 Å². The van der Waals surface area contributed by atoms with Gasteiger partial charge in [0, 0.05) is 6.26 Å². The van der Waals surface area contributed by atoms with Gasteiger partial charge in [0.15, 0.2) is 9.84 Å². The van der Waals surface area contributed by atoms with Crippen molar-refractivity contribution in [1.82, 2.24) is 0 Å². The van der Waals surface area contributed by atoms with Crippen LogP contribution in [-0.2, 0) is 14.6 Å². The molecule has 0 radical (unpaired) electrons. The van der Waals surface area contributed by atoms with Crippen LogP contribution in [-0.4, -0.2) is 26.6 Å². The van der Waals surface area contributed by atoms with Crippen LogP contribution in [0.4, 0.5) is 5.69 Å². The summed E-state index contributed by atoms with van der Waals surface area (Å²) in [6.07, 6.45) is 1.59. The van der Waals surface area contributed by atoms with Gasteiger partial charge in [0.2, 0.25) is 5.91 Å². The van der Waals surface area contributed by atoms with E-state index < -0.39 is 15.9 Å². The summed E-state index contributed by atoms with van der Waals surface area (Å²) in [4.78, 5) is 11.7. The zero-order valence-corrected chi connectivity index (χ0v) is 10.6. The topological polar surface area (TPSA) is 89.3 Å². The van der Waals surface area contributed by atoms with Gasteiger partial charge in [0.1, 0.15) is 0 Å². The van der Waals surface area contributed by atoms with Gasteiger partial charge in [-0.2, -0.15) is 0 Å². The number of anilines is 1. The van der Waals surface area contributed by atoms with Crippen LogP contribution in [0.2, 0.25) is 0 Å². The van der Waals surface area contributed by atoms with E-state index in [1.807, 2.05) is 0 Å². The Bertz CT molecular complexity index is 511. The minimum Gasteiger partial charge on any atom is -0.324 e. The van der Waals surface area contributed by atoms with E-state index in [-0.39, 0.29) is 16.5 Å². The summed E-state index contributed by atoms with van der Waals surface area (Å²) in [5.74, 6) is -0.386. The Kier molecular flexibility index (Phi) is 4.25. The molecule has 0 aromatic heterocycles. The van der Waals surface area contributed by atoms with Crippen molar-refractivity contribution in [2.45, 2.75) is 24.3 Å². The Morgan fingerprint density at radius 1 is 1.41 bits per heavy atom. The molecule has 0 aliphatic rings. The maximum atomic E-state index is 11.6. The second kappa shape index (κ2) is 5.29. The molecule has 0 fully saturated rings. The molecule has 94 valence electrons. The molecule has 1 rings (SSSR count). The Morgan fingerprint density at radius 3 is 2.53 bits per heavy atom. The smallest absolute Gasteiger partial charge is 0.241 e. The Balaban J connectivity index is 3.04. The van der Waals surface area contributed by atoms with Crippen molar-refractivity contribution >= 4 is 21.4 Å². The second-order valence-electron chi connectivity index (χ2n) is 3.77. The molecule has 0 heterocycles. The lowest BCUT2D eigenvalue weighted by molar-refractivity contribution is -0.117. The highest BCUT2D eigenvalue weighted by molar-refractivity contribution is 7.90. The number of rotatable bonds is 4. The van der Waals surface area contributed by atoms with Crippen LogP contribution >= 0.6 is 0 Å². The third-order valence-corrected chi connectivity index (χ3v) is 3.48. The predicted octanol–water partition coefficient (Wildman–Crippen LogP) is 0.766. The first-order valence-electron chi connectivity index (χ1n) is 5.21. The van der Waals surface area contributed by atoms with Gasteiger partial charge >= 0.3 is 0 Å². The predicted molar refractivity (Wildman–Crippen MR) is 66.4 cm³/mol. The molecule has 17 heavy (non-hydrogen) atoms. The summed E-state index contributed by atoms with van der Waals surface area (Å²) in [5.41, 5.74) is 5.83. The molecule has 0 spiro atoms. The molecular weight excluding hydrogens is 240 g/mol. The normalized spacial score (nSPS) is 13.1. The number of para-hydroxylation sites is 1. The van der Waals surface area contributed by atoms with Crippen molar-refractivity contribution in [3.63, 3.8) is 0 Å². The van der Waals surface area contributed by atoms with E-state index >= 15 is 0 Å². The molecule has 6 heteroatoms. The van der Waals surface area contributed by atoms with Crippen LogP contribution in [0.5, 0.6) is 0 Å². The molecule has 0 aliphatic heterocycles. The van der Waals surface area contributed by atoms with Crippen LogP contribution in [0.1, 0.15) is 13.3 Å². The monoisotopic (exact) mass is 256 g/mol. The van der Waals surface area contributed by atoms with Gasteiger partial charge in [0.05, 0.1) is 16.6 Å². The fraction of sp³-hybridized carbons (Fsp3) is 0.364. The molecule has 1 amide bonds. The lowest BCUT2D eigenvalue weighted by Crippen LogP contribution is -2.35. The summed E-state index contributed by atoms with van der Waals surface area (Å²) >= 11 is 0. The first kappa shape index (κ1) is 13.7. The molecule has 0 aliphatic carbocycles. The van der Waals surface area contributed by atoms with Crippen molar-refractivity contribution < 1.29 is 13.2 Å². The van der Waals surface area contributed by atoms with Crippen molar-refractivity contribution in [2.24, 2.45) is 5.73 Å². The van der Waals surface area contributed by atoms with Crippen LogP contribution < -0.4 is 11.1 Å². The number of carbonyl (C=O) groups excluding carboxylic acids is 1. The number of hydrogen-bond acceptors (Lipinski definition) is 4. The van der Waals surface area contributed by atoms with Crippen molar-refractivity contribution in [3.8, 4) is 0 Å². The minimum absolute atomic E-state index is 0.0941. The highest BCUT2D eigenvalue weighted by Gasteiger charge is 2.17. The van der Waals surface area contributed by atoms with E-state index in [1.165, 1.54) is 12.1 Å². The van der Waals surface area contributed by atoms with Crippen LogP contribution in [0.3, 0.4) is 0 Å². The zero-order chi connectivity index (χ0) is 13.1. The number of benzene rings is 1. The van der Waals surface area contributed by atoms with Gasteiger partial charge in [0.25, 0.3) is 0 Å². The summed E-state index contributed by atoms with van der Waals surface area (Å²) in [6, 6.07) is 5.61. The number of carbonyl (C=O) groups is 1. The molecular formula is C11H16N2O3S. The van der Waals surface area contributed by atoms with Crippen molar-refractivity contribution in [3.05, 3.63) is 24.3 Å². The molecule has 0 bridgehead atoms. The Morgan fingerprint density at radius 2 is 2.00 bits per heavy atom. The van der Waals surface area contributed by atoms with Gasteiger partial charge in [-0.3, -0.25) is 4.79 Å². The highest BCUT2D eigenvalue weighted by atomic mass is 32.2. The molecule has 1 atom stereocenters. The first-order chi connectivity index (χ1) is 7.86. The van der Waals surface area contributed by atoms with E-state index in [2.05, 4.69) is 5.32 Å². The van der Waals surface area contributed by atoms with Crippen molar-refractivity contribution in [2.75, 3.05) is 11.6 Å². The molecule has 1 aromatic rings. The maximum absolute atomic E-state index is 11.6. The van der Waals surface area contributed by atoms with Crippen molar-refractivity contribution in [1.29, 1.82) is 0 Å². The number of sulfone groups is 1. The Hall–Kier alpha value is -1.40. The van der Waals surface area contributed by atoms with E-state index in [9.17, 15) is 13.2 Å². The molecule has 5 nitrogen and oxygen atoms in total. The molecule has 1 unspecified atom stereocenters. The fourth-order valence-electron chi connectivity index (χ4n) is 1.30. The molecule has 0 saturated heterocycles. The van der Waals surface area contributed by atoms with Gasteiger partial charge in [-0.15, -0.1) is 0 Å². The van der Waals surface area contributed by atoms with Gasteiger partial charge in [-0.05, 0) is 18.6 Å². The average molecular weight is 256 g/mol. The van der Waals surface area contributed by atoms with Gasteiger partial charge in [-0.1, -0.05) is 19.1 Å². The summed E-state index contributed by atoms with van der Waals surface area (Å²) in [6.45, 7) is 1.78. The SMILES string of the molecule is CCC(N)C(=O)Nc1ccccc1S(C)(=O)=O. The Labute approximate surface area is 101 Å². The number of amides is 1. The molecule has 3 N–H and O–H groups in total. The summed E-state index contributed by atoms with van der Waals surface area (Å²) in [7, 11) is -3.37. The first-order valence-corrected chi connectivity index (χ1v) is 7.11. The summed E-state index contributed by atoms with van der Waals surface area (Å²) in [5, 5.41) is 2.52. The van der Waals surface area contributed by atoms with Gasteiger partial charge < -0.3 is 11.1 Å². The minimum atomic E-state index is -3.37. The molecule has 1 aromatic carbocycles. The number of nitrogens with one attached hydrogen (secondary N) is 1. The molecule has 0 saturated carbocycles. The van der Waals surface area contributed by atoms with E-state index in [1.54, 1.807) is 19.1 Å². The fourth-order valence-corrected chi connectivity index (χ4v) is 2.15. The third-order valence-electron chi connectivity index (χ3n) is 2.32. The van der Waals surface area contributed by atoms with Gasteiger partial charge in [-0.25, -0.2) is 8.42 Å². The van der Waals surface area contributed by atoms with E-state index in [0.717, 1.165) is 6.26 Å². The maximum Gasteiger partial charge on any atom is 0.241 e. The zero-order valence-electron chi connectivity index (χ0n) is 9.80. The highest BCUT2D eigenvalue weighted by Crippen LogP contribution is 2.20.